The maximum Gasteiger partial charge on any atom is 0.326 e. The van der Waals surface area contributed by atoms with Crippen molar-refractivity contribution in [1.82, 2.24) is 63.0 Å². The second kappa shape index (κ2) is 54.4. The Bertz CT molecular complexity index is 3460. The molecule has 662 valence electrons. The van der Waals surface area contributed by atoms with Crippen molar-refractivity contribution >= 4 is 76.9 Å². The highest BCUT2D eigenvalue weighted by Crippen LogP contribution is 2.27. The number of hydrogen-bond acceptors (Lipinski definition) is 18. The summed E-state index contributed by atoms with van der Waals surface area (Å²) >= 11 is 0. The van der Waals surface area contributed by atoms with Crippen LogP contribution in [0.2, 0.25) is 0 Å². The highest BCUT2D eigenvalue weighted by Gasteiger charge is 2.41. The van der Waals surface area contributed by atoms with Crippen molar-refractivity contribution in [2.45, 2.75) is 299 Å². The van der Waals surface area contributed by atoms with Crippen LogP contribution in [-0.4, -0.2) is 211 Å². The number of carboxylic acids is 1. The summed E-state index contributed by atoms with van der Waals surface area (Å²) < 4.78 is 0. The predicted octanol–water partition coefficient (Wildman–Crippen LogP) is 4.31. The molecular weight excluding hydrogens is 1500 g/mol. The third kappa shape index (κ3) is 37.0. The van der Waals surface area contributed by atoms with Gasteiger partial charge in [0.1, 0.15) is 66.5 Å². The van der Waals surface area contributed by atoms with Crippen LogP contribution >= 0.6 is 0 Å². The molecule has 0 aliphatic heterocycles. The van der Waals surface area contributed by atoms with Crippen molar-refractivity contribution in [3.63, 3.8) is 0 Å². The number of unbranched alkanes of at least 4 members (excludes halogenated alkanes) is 4. The molecule has 117 heavy (non-hydrogen) atoms. The molecule has 0 bridgehead atoms. The number of nitrogens with one attached hydrogen (secondary N) is 10. The number of nitrogens with two attached hydrogens (primary N) is 5. The molecule has 12 atom stereocenters. The van der Waals surface area contributed by atoms with Crippen molar-refractivity contribution in [3.05, 3.63) is 59.7 Å². The second-order valence-corrected chi connectivity index (χ2v) is 34.3. The number of carboxylic acid groups (broad SMARTS) is 1. The highest BCUT2D eigenvalue weighted by atomic mass is 16.4. The van der Waals surface area contributed by atoms with Crippen LogP contribution in [0.3, 0.4) is 0 Å². The van der Waals surface area contributed by atoms with Gasteiger partial charge in [0.2, 0.25) is 70.9 Å². The maximum atomic E-state index is 14.6. The number of hydrogen-bond donors (Lipinski definition) is 16. The summed E-state index contributed by atoms with van der Waals surface area (Å²) in [5.74, 6) is -10.7. The summed E-state index contributed by atoms with van der Waals surface area (Å²) in [5.41, 5.74) is 32.6. The standard InChI is InChI=1S/C86H149N17O14/c1-50(2)46-66(96-77(107)63(35-22-26-42-88)93-82(112)71(54(9)10)98-79(109)67(47-51(3)4)102(17)84(114)73(56(13)14)100-75(105)62(91)34-21-25-41-87)76(106)92-45-40-58-30-29-32-60(49-58)61-33-20-19-31-59(61)38-39-69(104)97-70(53(7)8)81(111)94-64(36-23-27-43-89)78(108)101-74(57(15)16)85(115)103(18)68(48-52(5)6)80(110)99-72(55(11)12)83(113)95-65(86(116)117)37-24-28-44-90/h19-20,29-33,49-57,62-68,70-74H,21-28,34-48,87-91H2,1-18H3,(H,92,106)(H,93,112)(H,94,111)(H,95,113)(H,96,107)(H,97,104)(H,98,109)(H,99,110)(H,100,105)(H,101,108)(H,116,117)/t62-,63-,64-,65-,66-,67-,68-,70-,71-,72-,73-,74-/m0/s1. The van der Waals surface area contributed by atoms with Gasteiger partial charge in [0, 0.05) is 27.1 Å². The zero-order valence-electron chi connectivity index (χ0n) is 73.5. The molecule has 31 nitrogen and oxygen atoms in total. The molecular formula is C86H149N17O14. The largest absolute Gasteiger partial charge is 0.480 e. The third-order valence-corrected chi connectivity index (χ3v) is 20.8. The smallest absolute Gasteiger partial charge is 0.326 e. The van der Waals surface area contributed by atoms with E-state index in [1.54, 1.807) is 69.2 Å². The molecule has 0 spiro atoms. The number of amides is 12. The van der Waals surface area contributed by atoms with Crippen molar-refractivity contribution in [2.24, 2.45) is 76.0 Å². The third-order valence-electron chi connectivity index (χ3n) is 20.8. The molecule has 0 aliphatic rings. The van der Waals surface area contributed by atoms with Gasteiger partial charge in [0.15, 0.2) is 0 Å². The lowest BCUT2D eigenvalue weighted by atomic mass is 9.94. The number of aliphatic carboxylic acids is 1. The Balaban J connectivity index is 2.32. The highest BCUT2D eigenvalue weighted by molar-refractivity contribution is 5.99. The molecule has 0 saturated heterocycles. The molecule has 2 rings (SSSR count). The average molecular weight is 1650 g/mol. The zero-order valence-corrected chi connectivity index (χ0v) is 73.5. The van der Waals surface area contributed by atoms with Gasteiger partial charge >= 0.3 is 5.97 Å². The Morgan fingerprint density at radius 1 is 0.376 bits per heavy atom. The fourth-order valence-corrected chi connectivity index (χ4v) is 13.7. The first-order valence-corrected chi connectivity index (χ1v) is 42.6. The van der Waals surface area contributed by atoms with Gasteiger partial charge in [-0.25, -0.2) is 4.79 Å². The lowest BCUT2D eigenvalue weighted by molar-refractivity contribution is -0.145. The predicted molar refractivity (Wildman–Crippen MR) is 457 cm³/mol. The van der Waals surface area contributed by atoms with Crippen LogP contribution in [0.4, 0.5) is 0 Å². The van der Waals surface area contributed by atoms with Gasteiger partial charge in [0.05, 0.1) is 6.04 Å². The minimum absolute atomic E-state index is 0.0158. The molecule has 21 N–H and O–H groups in total. The summed E-state index contributed by atoms with van der Waals surface area (Å²) in [5, 5.41) is 38.3. The van der Waals surface area contributed by atoms with Crippen molar-refractivity contribution in [2.75, 3.05) is 46.8 Å². The first-order valence-electron chi connectivity index (χ1n) is 42.6. The number of nitrogens with zero attached hydrogens (tertiary/aromatic N) is 2. The van der Waals surface area contributed by atoms with Crippen LogP contribution in [0.1, 0.15) is 225 Å². The minimum Gasteiger partial charge on any atom is -0.480 e. The van der Waals surface area contributed by atoms with Gasteiger partial charge < -0.3 is 96.7 Å². The average Bonchev–Trinajstić information content (AvgIpc) is 0.860. The van der Waals surface area contributed by atoms with Crippen LogP contribution in [0, 0.1) is 47.3 Å². The van der Waals surface area contributed by atoms with E-state index in [9.17, 15) is 67.4 Å². The van der Waals surface area contributed by atoms with Crippen LogP contribution in [0.15, 0.2) is 48.5 Å². The van der Waals surface area contributed by atoms with E-state index in [1.165, 1.54) is 23.9 Å². The lowest BCUT2D eigenvalue weighted by Crippen LogP contribution is -2.61. The van der Waals surface area contributed by atoms with Gasteiger partial charge in [-0.15, -0.1) is 0 Å². The fraction of sp³-hybridized carbons (Fsp3) is 0.709. The SMILES string of the molecule is CC(C)C[C@H](NC(=O)[C@H](CCCCN)NC(=O)[C@@H](NC(=O)[C@H](CC(C)C)N(C)C(=O)[C@@H](NC(=O)[C@@H](N)CCCCN)C(C)C)C(C)C)C(=O)NCCc1cccc(-c2ccccc2CCC(=O)N[C@H](C(=O)N[C@@H](CCCCN)C(=O)N[C@H](C(=O)N(C)[C@@H](CC(C)C)C(=O)N[C@H](C(=O)N[C@@H](CCCCN)C(=O)O)C(C)C)C(C)C)C(C)C)c1. The monoisotopic (exact) mass is 1640 g/mol. The molecule has 0 aliphatic carbocycles. The first-order chi connectivity index (χ1) is 55.1. The Morgan fingerprint density at radius 2 is 0.752 bits per heavy atom. The Hall–Kier alpha value is -8.65. The van der Waals surface area contributed by atoms with Gasteiger partial charge in [-0.3, -0.25) is 57.5 Å². The van der Waals surface area contributed by atoms with Crippen LogP contribution < -0.4 is 81.8 Å². The molecule has 31 heteroatoms. The molecule has 0 saturated carbocycles. The summed E-state index contributed by atoms with van der Waals surface area (Å²) in [7, 11) is 2.94. The van der Waals surface area contributed by atoms with E-state index in [0.29, 0.717) is 90.4 Å². The van der Waals surface area contributed by atoms with Crippen LogP contribution in [0.25, 0.3) is 11.1 Å². The van der Waals surface area contributed by atoms with Crippen LogP contribution in [0.5, 0.6) is 0 Å². The van der Waals surface area contributed by atoms with Crippen LogP contribution in [-0.2, 0) is 75.2 Å². The molecule has 0 aromatic heterocycles. The van der Waals surface area contributed by atoms with E-state index < -0.39 is 173 Å². The number of benzene rings is 2. The van der Waals surface area contributed by atoms with Crippen molar-refractivity contribution < 1.29 is 67.4 Å². The van der Waals surface area contributed by atoms with Gasteiger partial charge in [-0.1, -0.05) is 166 Å². The van der Waals surface area contributed by atoms with Gasteiger partial charge in [-0.05, 0) is 199 Å². The topological polar surface area (TPSA) is 499 Å². The Morgan fingerprint density at radius 3 is 1.17 bits per heavy atom. The minimum atomic E-state index is -1.23. The van der Waals surface area contributed by atoms with E-state index in [0.717, 1.165) is 22.3 Å². The first kappa shape index (κ1) is 104. The number of rotatable bonds is 57. The van der Waals surface area contributed by atoms with Gasteiger partial charge in [-0.2, -0.15) is 0 Å². The van der Waals surface area contributed by atoms with Crippen molar-refractivity contribution in [1.29, 1.82) is 0 Å². The number of likely N-dealkylation sites (N-methyl/N-ethyl adjacent to an activating group) is 2. The van der Waals surface area contributed by atoms with Gasteiger partial charge in [0.25, 0.3) is 0 Å². The van der Waals surface area contributed by atoms with Crippen molar-refractivity contribution in [3.8, 4) is 11.1 Å². The molecule has 0 unspecified atom stereocenters. The summed E-state index contributed by atoms with van der Waals surface area (Å²) in [6.07, 6.45) is 6.45. The quantitative estimate of drug-likeness (QED) is 0.0410. The molecule has 12 amide bonds. The molecule has 0 fully saturated rings. The number of carbonyl (C=O) groups excluding carboxylic acids is 12. The molecule has 2 aromatic rings. The fourth-order valence-electron chi connectivity index (χ4n) is 13.7. The van der Waals surface area contributed by atoms with E-state index >= 15 is 0 Å². The lowest BCUT2D eigenvalue weighted by Gasteiger charge is -2.35. The second-order valence-electron chi connectivity index (χ2n) is 34.3. The normalized spacial score (nSPS) is 14.7. The molecule has 0 radical (unpaired) electrons. The molecule has 0 heterocycles. The van der Waals surface area contributed by atoms with E-state index in [2.05, 4.69) is 53.2 Å². The maximum absolute atomic E-state index is 14.6. The zero-order chi connectivity index (χ0) is 88.5. The summed E-state index contributed by atoms with van der Waals surface area (Å²) in [6, 6.07) is 2.26. The Labute approximate surface area is 696 Å². The number of carbonyl (C=O) groups is 13. The van der Waals surface area contributed by atoms with E-state index in [-0.39, 0.29) is 81.6 Å². The Kier molecular flexibility index (Phi) is 48.6. The summed E-state index contributed by atoms with van der Waals surface area (Å²) in [4.78, 5) is 185. The van der Waals surface area contributed by atoms with E-state index in [1.807, 2.05) is 90.1 Å². The molecule has 2 aromatic carbocycles. The summed E-state index contributed by atoms with van der Waals surface area (Å²) in [6.45, 7) is 30.5. The number of aryl methyl sites for hydroxylation is 1. The van der Waals surface area contributed by atoms with E-state index in [4.69, 9.17) is 28.7 Å².